The van der Waals surface area contributed by atoms with Gasteiger partial charge in [-0.1, -0.05) is 12.1 Å². The second kappa shape index (κ2) is 7.38. The van der Waals surface area contributed by atoms with Crippen LogP contribution in [0.1, 0.15) is 44.9 Å². The third kappa shape index (κ3) is 3.38. The molecule has 1 N–H and O–H groups in total. The Kier molecular flexibility index (Phi) is 5.04. The number of rotatable bonds is 3. The lowest BCUT2D eigenvalue weighted by Gasteiger charge is -2.34. The smallest absolute Gasteiger partial charge is 0.270 e. The van der Waals surface area contributed by atoms with Gasteiger partial charge >= 0.3 is 0 Å². The Morgan fingerprint density at radius 2 is 1.79 bits per heavy atom. The average molecular weight is 419 g/mol. The molecule has 29 heavy (non-hydrogen) atoms. The van der Waals surface area contributed by atoms with Crippen molar-refractivity contribution in [2.45, 2.75) is 31.1 Å². The molecule has 2 aromatic rings. The molecule has 7 nitrogen and oxygen atoms in total. The number of halogens is 1. The monoisotopic (exact) mass is 419 g/mol. The largest absolute Gasteiger partial charge is 0.354 e. The average Bonchev–Trinajstić information content (AvgIpc) is 3.05. The number of carbonyl (C=O) groups is 2. The summed E-state index contributed by atoms with van der Waals surface area (Å²) in [6.45, 7) is 2.33. The number of aromatic amines is 1. The summed E-state index contributed by atoms with van der Waals surface area (Å²) < 4.78 is 40.6. The van der Waals surface area contributed by atoms with Crippen molar-refractivity contribution in [3.05, 3.63) is 52.6 Å². The highest BCUT2D eigenvalue weighted by molar-refractivity contribution is 7.89. The molecule has 154 valence electrons. The number of nitrogens with zero attached hydrogens (tertiary/aromatic N) is 2. The second-order valence-corrected chi connectivity index (χ2v) is 9.29. The van der Waals surface area contributed by atoms with E-state index in [-0.39, 0.29) is 42.8 Å². The van der Waals surface area contributed by atoms with E-state index in [1.165, 1.54) is 22.5 Å². The van der Waals surface area contributed by atoms with Gasteiger partial charge in [-0.2, -0.15) is 4.31 Å². The van der Waals surface area contributed by atoms with Crippen molar-refractivity contribution < 1.29 is 22.4 Å². The minimum atomic E-state index is -3.96. The van der Waals surface area contributed by atoms with Gasteiger partial charge in [0.15, 0.2) is 5.78 Å². The maximum absolute atomic E-state index is 14.0. The van der Waals surface area contributed by atoms with Crippen LogP contribution in [-0.4, -0.2) is 60.5 Å². The Labute approximate surface area is 168 Å². The van der Waals surface area contributed by atoms with Gasteiger partial charge in [0.25, 0.3) is 5.91 Å². The number of Topliss-reactive ketones (excluding diaryl/α,β-unsaturated/α-hetero) is 1. The number of ketones is 1. The first-order valence-electron chi connectivity index (χ1n) is 9.59. The van der Waals surface area contributed by atoms with Gasteiger partial charge in [0.05, 0.1) is 0 Å². The third-order valence-electron chi connectivity index (χ3n) is 5.63. The Bertz CT molecular complexity index is 1090. The fourth-order valence-corrected chi connectivity index (χ4v) is 5.56. The predicted molar refractivity (Wildman–Crippen MR) is 104 cm³/mol. The molecule has 1 amide bonds. The van der Waals surface area contributed by atoms with E-state index in [0.29, 0.717) is 23.2 Å². The van der Waals surface area contributed by atoms with Gasteiger partial charge in [-0.15, -0.1) is 0 Å². The van der Waals surface area contributed by atoms with E-state index in [0.717, 1.165) is 24.6 Å². The van der Waals surface area contributed by atoms with E-state index in [9.17, 15) is 22.4 Å². The van der Waals surface area contributed by atoms with Crippen molar-refractivity contribution in [2.24, 2.45) is 0 Å². The third-order valence-corrected chi connectivity index (χ3v) is 7.56. The molecule has 4 rings (SSSR count). The molecule has 0 atom stereocenters. The number of carbonyl (C=O) groups excluding carboxylic acids is 2. The second-order valence-electron chi connectivity index (χ2n) is 7.38. The van der Waals surface area contributed by atoms with E-state index in [1.807, 2.05) is 0 Å². The molecule has 0 radical (unpaired) electrons. The molecular formula is C20H22FN3O4S. The van der Waals surface area contributed by atoms with Crippen LogP contribution >= 0.6 is 0 Å². The van der Waals surface area contributed by atoms with Crippen LogP contribution in [0, 0.1) is 12.7 Å². The summed E-state index contributed by atoms with van der Waals surface area (Å²) in [5.74, 6) is -0.976. The van der Waals surface area contributed by atoms with E-state index in [4.69, 9.17) is 0 Å². The lowest BCUT2D eigenvalue weighted by Crippen LogP contribution is -2.50. The topological polar surface area (TPSA) is 90.6 Å². The van der Waals surface area contributed by atoms with Crippen LogP contribution in [-0.2, 0) is 16.4 Å². The normalized spacial score (nSPS) is 18.0. The molecule has 9 heteroatoms. The number of piperazine rings is 1. The number of sulfonamides is 1. The summed E-state index contributed by atoms with van der Waals surface area (Å²) in [6.07, 6.45) is 2.00. The van der Waals surface area contributed by atoms with Crippen LogP contribution in [0.2, 0.25) is 0 Å². The van der Waals surface area contributed by atoms with Crippen LogP contribution in [0.25, 0.3) is 0 Å². The number of hydrogen-bond acceptors (Lipinski definition) is 4. The van der Waals surface area contributed by atoms with E-state index in [1.54, 1.807) is 11.8 Å². The summed E-state index contributed by atoms with van der Waals surface area (Å²) >= 11 is 0. The lowest BCUT2D eigenvalue weighted by molar-refractivity contribution is 0.0691. The minimum absolute atomic E-state index is 0.0554. The van der Waals surface area contributed by atoms with Gasteiger partial charge in [0.2, 0.25) is 10.0 Å². The first-order chi connectivity index (χ1) is 13.8. The van der Waals surface area contributed by atoms with Crippen LogP contribution in [0.4, 0.5) is 4.39 Å². The Morgan fingerprint density at radius 3 is 2.45 bits per heavy atom. The number of fused-ring (bicyclic) bond motifs is 1. The highest BCUT2D eigenvalue weighted by Gasteiger charge is 2.34. The molecule has 1 aromatic carbocycles. The Morgan fingerprint density at radius 1 is 1.10 bits per heavy atom. The molecule has 2 heterocycles. The Balaban J connectivity index is 1.50. The first-order valence-corrected chi connectivity index (χ1v) is 11.0. The zero-order valence-electron chi connectivity index (χ0n) is 16.1. The van der Waals surface area contributed by atoms with Crippen LogP contribution < -0.4 is 0 Å². The molecule has 0 saturated carbocycles. The number of nitrogens with one attached hydrogen (secondary N) is 1. The van der Waals surface area contributed by atoms with Gasteiger partial charge in [-0.05, 0) is 37.5 Å². The summed E-state index contributed by atoms with van der Waals surface area (Å²) in [5.41, 5.74) is 2.50. The molecular weight excluding hydrogens is 397 g/mol. The van der Waals surface area contributed by atoms with Crippen LogP contribution in [0.3, 0.4) is 0 Å². The molecule has 1 aliphatic heterocycles. The van der Waals surface area contributed by atoms with Crippen molar-refractivity contribution in [1.82, 2.24) is 14.2 Å². The van der Waals surface area contributed by atoms with Crippen molar-refractivity contribution in [3.8, 4) is 0 Å². The van der Waals surface area contributed by atoms with Gasteiger partial charge in [-0.3, -0.25) is 9.59 Å². The number of aromatic nitrogens is 1. The molecule has 1 aliphatic carbocycles. The van der Waals surface area contributed by atoms with Crippen LogP contribution in [0.15, 0.2) is 29.2 Å². The molecule has 1 fully saturated rings. The molecule has 2 aliphatic rings. The molecule has 0 unspecified atom stereocenters. The summed E-state index contributed by atoms with van der Waals surface area (Å²) in [5, 5.41) is 0. The molecule has 0 bridgehead atoms. The maximum atomic E-state index is 14.0. The van der Waals surface area contributed by atoms with Gasteiger partial charge in [0.1, 0.15) is 16.4 Å². The van der Waals surface area contributed by atoms with Gasteiger partial charge < -0.3 is 9.88 Å². The van der Waals surface area contributed by atoms with Crippen molar-refractivity contribution in [1.29, 1.82) is 0 Å². The molecule has 1 aromatic heterocycles. The van der Waals surface area contributed by atoms with Gasteiger partial charge in [0, 0.05) is 43.9 Å². The number of H-pyrrole nitrogens is 1. The zero-order chi connectivity index (χ0) is 20.8. The van der Waals surface area contributed by atoms with Crippen molar-refractivity contribution in [2.75, 3.05) is 26.2 Å². The number of hydrogen-bond donors (Lipinski definition) is 1. The van der Waals surface area contributed by atoms with E-state index >= 15 is 0 Å². The zero-order valence-corrected chi connectivity index (χ0v) is 16.9. The molecule has 1 saturated heterocycles. The first kappa shape index (κ1) is 19.8. The van der Waals surface area contributed by atoms with E-state index in [2.05, 4.69) is 4.98 Å². The standard InChI is InChI=1S/C20H22FN3O4S/c1-13-18-15(6-4-7-16(18)25)22-19(13)20(26)23-9-11-24(12-10-23)29(27,28)17-8-3-2-5-14(17)21/h2-3,5,8,22H,4,6-7,9-12H2,1H3. The van der Waals surface area contributed by atoms with Gasteiger partial charge in [-0.25, -0.2) is 12.8 Å². The fraction of sp³-hybridized carbons (Fsp3) is 0.400. The Hall–Kier alpha value is -2.52. The maximum Gasteiger partial charge on any atom is 0.270 e. The van der Waals surface area contributed by atoms with Crippen LogP contribution in [0.5, 0.6) is 0 Å². The van der Waals surface area contributed by atoms with Crippen molar-refractivity contribution >= 4 is 21.7 Å². The SMILES string of the molecule is Cc1c(C(=O)N2CCN(S(=O)(=O)c3ccccc3F)CC2)[nH]c2c1C(=O)CCC2. The number of aryl methyl sites for hydroxylation is 1. The quantitative estimate of drug-likeness (QED) is 0.825. The highest BCUT2D eigenvalue weighted by Crippen LogP contribution is 2.28. The lowest BCUT2D eigenvalue weighted by atomic mass is 9.94. The number of benzene rings is 1. The minimum Gasteiger partial charge on any atom is -0.354 e. The van der Waals surface area contributed by atoms with E-state index < -0.39 is 15.8 Å². The summed E-state index contributed by atoms with van der Waals surface area (Å²) in [4.78, 5) is 29.5. The predicted octanol–water partition coefficient (Wildman–Crippen LogP) is 2.13. The summed E-state index contributed by atoms with van der Waals surface area (Å²) in [6, 6.07) is 5.27. The fourth-order valence-electron chi connectivity index (χ4n) is 4.07. The number of amides is 1. The molecule has 0 spiro atoms. The van der Waals surface area contributed by atoms with Crippen molar-refractivity contribution in [3.63, 3.8) is 0 Å². The summed E-state index contributed by atoms with van der Waals surface area (Å²) in [7, 11) is -3.96. The highest BCUT2D eigenvalue weighted by atomic mass is 32.2.